The molecule has 31 heavy (non-hydrogen) atoms. The lowest BCUT2D eigenvalue weighted by molar-refractivity contribution is -0.116. The number of carbonyl (C=O) groups excluding carboxylic acids is 1. The number of hydrogen-bond acceptors (Lipinski definition) is 4. The minimum Gasteiger partial charge on any atom is -0.490 e. The summed E-state index contributed by atoms with van der Waals surface area (Å²) in [4.78, 5) is 15.5. The first-order chi connectivity index (χ1) is 15.2. The second-order valence-electron chi connectivity index (χ2n) is 8.63. The van der Waals surface area contributed by atoms with E-state index in [1.165, 1.54) is 22.5 Å². The summed E-state index contributed by atoms with van der Waals surface area (Å²) in [6.45, 7) is 2.28. The SMILES string of the molecule is O=C1CCCC2=C1[C@H](c1cccc(Br)c1)C=C1c3cc4c(cc3CCN12)OCCCO4. The first kappa shape index (κ1) is 19.2. The fourth-order valence-corrected chi connectivity index (χ4v) is 5.76. The van der Waals surface area contributed by atoms with Gasteiger partial charge in [0.15, 0.2) is 17.3 Å². The Hall–Kier alpha value is -2.53. The Morgan fingerprint density at radius 1 is 0.968 bits per heavy atom. The third-order valence-corrected chi connectivity index (χ3v) is 7.24. The second kappa shape index (κ2) is 7.56. The van der Waals surface area contributed by atoms with Crippen LogP contribution in [-0.2, 0) is 11.2 Å². The number of fused-ring (bicyclic) bond motifs is 5. The molecule has 0 radical (unpaired) electrons. The van der Waals surface area contributed by atoms with E-state index in [4.69, 9.17) is 9.47 Å². The fraction of sp³-hybridized carbons (Fsp3) is 0.346. The largest absolute Gasteiger partial charge is 0.490 e. The average Bonchev–Trinajstić information content (AvgIpc) is 3.02. The molecule has 0 N–H and O–H groups in total. The zero-order chi connectivity index (χ0) is 20.9. The van der Waals surface area contributed by atoms with E-state index in [0.717, 1.165) is 59.3 Å². The summed E-state index contributed by atoms with van der Waals surface area (Å²) in [5.41, 5.74) is 7.08. The predicted molar refractivity (Wildman–Crippen MR) is 123 cm³/mol. The first-order valence-corrected chi connectivity index (χ1v) is 11.9. The third-order valence-electron chi connectivity index (χ3n) is 6.74. The molecule has 0 spiro atoms. The summed E-state index contributed by atoms with van der Waals surface area (Å²) < 4.78 is 13.0. The van der Waals surface area contributed by atoms with Crippen molar-refractivity contribution in [2.45, 2.75) is 38.0 Å². The molecular weight excluding hydrogens is 454 g/mol. The lowest BCUT2D eigenvalue weighted by atomic mass is 9.77. The van der Waals surface area contributed by atoms with Crippen LogP contribution in [-0.4, -0.2) is 30.4 Å². The molecule has 0 saturated heterocycles. The Kier molecular flexibility index (Phi) is 4.67. The van der Waals surface area contributed by atoms with Gasteiger partial charge in [0.25, 0.3) is 0 Å². The van der Waals surface area contributed by atoms with Crippen molar-refractivity contribution in [3.05, 3.63) is 74.9 Å². The highest BCUT2D eigenvalue weighted by Crippen LogP contribution is 2.48. The van der Waals surface area contributed by atoms with Gasteiger partial charge in [-0.25, -0.2) is 0 Å². The minimum absolute atomic E-state index is 0.0199. The Balaban J connectivity index is 1.52. The molecule has 2 aromatic carbocycles. The van der Waals surface area contributed by atoms with Crippen molar-refractivity contribution < 1.29 is 14.3 Å². The van der Waals surface area contributed by atoms with Crippen molar-refractivity contribution in [3.8, 4) is 11.5 Å². The maximum Gasteiger partial charge on any atom is 0.161 e. The highest BCUT2D eigenvalue weighted by molar-refractivity contribution is 9.10. The van der Waals surface area contributed by atoms with Crippen LogP contribution in [0.25, 0.3) is 5.70 Å². The molecule has 0 amide bonds. The van der Waals surface area contributed by atoms with E-state index in [2.05, 4.69) is 57.2 Å². The second-order valence-corrected chi connectivity index (χ2v) is 9.55. The Morgan fingerprint density at radius 2 is 1.81 bits per heavy atom. The van der Waals surface area contributed by atoms with Crippen LogP contribution in [0.15, 0.2) is 58.2 Å². The monoisotopic (exact) mass is 477 g/mol. The van der Waals surface area contributed by atoms with E-state index in [1.54, 1.807) is 0 Å². The van der Waals surface area contributed by atoms with Crippen molar-refractivity contribution >= 4 is 27.4 Å². The molecule has 158 valence electrons. The molecule has 0 unspecified atom stereocenters. The highest BCUT2D eigenvalue weighted by Gasteiger charge is 2.38. The van der Waals surface area contributed by atoms with Crippen LogP contribution < -0.4 is 9.47 Å². The smallest absolute Gasteiger partial charge is 0.161 e. The van der Waals surface area contributed by atoms with Gasteiger partial charge in [0, 0.05) is 52.3 Å². The van der Waals surface area contributed by atoms with Crippen molar-refractivity contribution in [1.29, 1.82) is 0 Å². The van der Waals surface area contributed by atoms with E-state index in [9.17, 15) is 4.79 Å². The van der Waals surface area contributed by atoms with Gasteiger partial charge in [-0.2, -0.15) is 0 Å². The summed E-state index contributed by atoms with van der Waals surface area (Å²) in [6.07, 6.45) is 6.68. The molecule has 4 aliphatic rings. The number of ketones is 1. The number of Topliss-reactive ketones (excluding diaryl/α,β-unsaturated/α-hetero) is 1. The minimum atomic E-state index is -0.0199. The van der Waals surface area contributed by atoms with Gasteiger partial charge in [0.2, 0.25) is 0 Å². The van der Waals surface area contributed by atoms with Crippen molar-refractivity contribution in [1.82, 2.24) is 4.90 Å². The van der Waals surface area contributed by atoms with Gasteiger partial charge in [-0.1, -0.05) is 28.1 Å². The molecule has 6 rings (SSSR count). The summed E-state index contributed by atoms with van der Waals surface area (Å²) in [6, 6.07) is 12.7. The van der Waals surface area contributed by atoms with E-state index < -0.39 is 0 Å². The van der Waals surface area contributed by atoms with E-state index in [1.807, 2.05) is 6.07 Å². The van der Waals surface area contributed by atoms with Gasteiger partial charge < -0.3 is 14.4 Å². The highest BCUT2D eigenvalue weighted by atomic mass is 79.9. The zero-order valence-corrected chi connectivity index (χ0v) is 18.9. The van der Waals surface area contributed by atoms with Gasteiger partial charge in [0.05, 0.1) is 13.2 Å². The number of hydrogen-bond donors (Lipinski definition) is 0. The molecule has 3 heterocycles. The van der Waals surface area contributed by atoms with Crippen LogP contribution in [0.3, 0.4) is 0 Å². The molecule has 0 saturated carbocycles. The number of halogens is 1. The summed E-state index contributed by atoms with van der Waals surface area (Å²) in [5.74, 6) is 1.97. The third kappa shape index (κ3) is 3.21. The van der Waals surface area contributed by atoms with Gasteiger partial charge in [-0.3, -0.25) is 4.79 Å². The van der Waals surface area contributed by atoms with Crippen LogP contribution in [0, 0.1) is 0 Å². The maximum absolute atomic E-state index is 13.1. The standard InChI is InChI=1S/C26H24BrNO3/c27-18-5-1-4-16(12-18)20-14-22-19-15-25-24(30-10-3-11-31-25)13-17(19)8-9-28(22)21-6-2-7-23(29)26(20)21/h1,4-5,12-15,20H,2-3,6-11H2/t20-/m0/s1. The molecule has 0 bridgehead atoms. The first-order valence-electron chi connectivity index (χ1n) is 11.1. The Bertz CT molecular complexity index is 1150. The van der Waals surface area contributed by atoms with Crippen LogP contribution >= 0.6 is 15.9 Å². The van der Waals surface area contributed by atoms with Crippen LogP contribution in [0.5, 0.6) is 11.5 Å². The van der Waals surface area contributed by atoms with Crippen LogP contribution in [0.4, 0.5) is 0 Å². The van der Waals surface area contributed by atoms with Gasteiger partial charge >= 0.3 is 0 Å². The van der Waals surface area contributed by atoms with Crippen molar-refractivity contribution in [2.24, 2.45) is 0 Å². The lowest BCUT2D eigenvalue weighted by Crippen LogP contribution is -2.36. The van der Waals surface area contributed by atoms with Gasteiger partial charge in [-0.05, 0) is 60.7 Å². The molecule has 1 atom stereocenters. The number of rotatable bonds is 1. The summed E-state index contributed by atoms with van der Waals surface area (Å²) >= 11 is 3.61. The Morgan fingerprint density at radius 3 is 2.65 bits per heavy atom. The van der Waals surface area contributed by atoms with E-state index >= 15 is 0 Å². The Labute approximate surface area is 190 Å². The quantitative estimate of drug-likeness (QED) is 0.534. The van der Waals surface area contributed by atoms with Crippen LogP contribution in [0.1, 0.15) is 48.3 Å². The molecule has 1 aliphatic carbocycles. The predicted octanol–water partition coefficient (Wildman–Crippen LogP) is 5.61. The normalized spacial score (nSPS) is 22.2. The summed E-state index contributed by atoms with van der Waals surface area (Å²) in [5, 5.41) is 0. The van der Waals surface area contributed by atoms with Gasteiger partial charge in [-0.15, -0.1) is 0 Å². The van der Waals surface area contributed by atoms with E-state index in [-0.39, 0.29) is 5.92 Å². The summed E-state index contributed by atoms with van der Waals surface area (Å²) in [7, 11) is 0. The number of carbonyl (C=O) groups is 1. The molecule has 3 aliphatic heterocycles. The molecule has 0 fully saturated rings. The van der Waals surface area contributed by atoms with Crippen molar-refractivity contribution in [2.75, 3.05) is 19.8 Å². The van der Waals surface area contributed by atoms with E-state index in [0.29, 0.717) is 25.4 Å². The molecule has 4 nitrogen and oxygen atoms in total. The van der Waals surface area contributed by atoms with Crippen molar-refractivity contribution in [3.63, 3.8) is 0 Å². The number of ether oxygens (including phenoxy) is 2. The number of benzene rings is 2. The topological polar surface area (TPSA) is 38.8 Å². The average molecular weight is 478 g/mol. The molecule has 0 aromatic heterocycles. The number of nitrogens with zero attached hydrogens (tertiary/aromatic N) is 1. The lowest BCUT2D eigenvalue weighted by Gasteiger charge is -2.43. The molecule has 2 aromatic rings. The molecule has 5 heteroatoms. The maximum atomic E-state index is 13.1. The van der Waals surface area contributed by atoms with Gasteiger partial charge in [0.1, 0.15) is 0 Å². The fourth-order valence-electron chi connectivity index (χ4n) is 5.34. The van der Waals surface area contributed by atoms with Crippen LogP contribution in [0.2, 0.25) is 0 Å². The molecular formula is C26H24BrNO3. The number of allylic oxidation sites excluding steroid dienone is 3. The zero-order valence-electron chi connectivity index (χ0n) is 17.3.